The van der Waals surface area contributed by atoms with Crippen LogP contribution in [-0.2, 0) is 36.3 Å². The van der Waals surface area contributed by atoms with E-state index in [0.29, 0.717) is 32.7 Å². The second-order valence-electron chi connectivity index (χ2n) is 11.4. The average Bonchev–Trinajstić information content (AvgIpc) is 3.55. The van der Waals surface area contributed by atoms with Gasteiger partial charge in [0.25, 0.3) is 5.56 Å². The summed E-state index contributed by atoms with van der Waals surface area (Å²) in [6.45, 7) is 12.2. The Morgan fingerprint density at radius 2 is 1.73 bits per heavy atom. The molecule has 0 atom stereocenters. The summed E-state index contributed by atoms with van der Waals surface area (Å²) in [6.07, 6.45) is 1.95. The molecule has 0 fully saturated rings. The van der Waals surface area contributed by atoms with Crippen LogP contribution in [0.5, 0.6) is 0 Å². The summed E-state index contributed by atoms with van der Waals surface area (Å²) in [6, 6.07) is 9.97. The Morgan fingerprint density at radius 3 is 2.41 bits per heavy atom. The highest BCUT2D eigenvalue weighted by molar-refractivity contribution is 7.17. The van der Waals surface area contributed by atoms with Gasteiger partial charge in [-0.15, -0.1) is 11.3 Å². The topological polar surface area (TPSA) is 83.7 Å². The third kappa shape index (κ3) is 5.22. The van der Waals surface area contributed by atoms with Gasteiger partial charge in [-0.2, -0.15) is 5.10 Å². The number of carbonyl (C=O) groups excluding carboxylic acids is 2. The molecule has 0 N–H and O–H groups in total. The van der Waals surface area contributed by atoms with Crippen molar-refractivity contribution in [3.05, 3.63) is 74.8 Å². The molecule has 0 bridgehead atoms. The van der Waals surface area contributed by atoms with Crippen molar-refractivity contribution in [3.8, 4) is 0 Å². The summed E-state index contributed by atoms with van der Waals surface area (Å²) in [4.78, 5) is 45.4. The number of nitrogens with zero attached hydrogens (tertiary/aromatic N) is 6. The van der Waals surface area contributed by atoms with Gasteiger partial charge in [0.15, 0.2) is 0 Å². The SMILES string of the molecule is CCN1C(=O)C(C)(C)C(=O)N(C)c2cc(CN(CCn3cc(C)c4sccc4c3=O)Cc3cc(C)nn3C)ccc21. The van der Waals surface area contributed by atoms with Crippen molar-refractivity contribution in [3.63, 3.8) is 0 Å². The number of pyridine rings is 1. The van der Waals surface area contributed by atoms with E-state index in [1.807, 2.05) is 72.9 Å². The maximum atomic E-state index is 13.3. The fraction of sp³-hybridized carbons (Fsp3) is 0.419. The lowest BCUT2D eigenvalue weighted by Gasteiger charge is -2.27. The zero-order valence-corrected chi connectivity index (χ0v) is 25.7. The minimum absolute atomic E-state index is 0.0280. The van der Waals surface area contributed by atoms with Crippen molar-refractivity contribution in [2.24, 2.45) is 12.5 Å². The Hall–Kier alpha value is -3.76. The molecule has 1 aromatic carbocycles. The molecule has 10 heteroatoms. The Morgan fingerprint density at radius 1 is 0.976 bits per heavy atom. The molecule has 9 nitrogen and oxygen atoms in total. The van der Waals surface area contributed by atoms with E-state index < -0.39 is 5.41 Å². The second-order valence-corrected chi connectivity index (χ2v) is 12.4. The van der Waals surface area contributed by atoms with Crippen molar-refractivity contribution in [1.29, 1.82) is 0 Å². The molecule has 0 saturated carbocycles. The Bertz CT molecular complexity index is 1700. The van der Waals surface area contributed by atoms with Gasteiger partial charge >= 0.3 is 0 Å². The number of aryl methyl sites for hydroxylation is 3. The third-order valence-electron chi connectivity index (χ3n) is 8.04. The number of carbonyl (C=O) groups is 2. The summed E-state index contributed by atoms with van der Waals surface area (Å²) in [7, 11) is 3.69. The lowest BCUT2D eigenvalue weighted by molar-refractivity contribution is -0.137. The summed E-state index contributed by atoms with van der Waals surface area (Å²) in [5, 5.41) is 7.25. The quantitative estimate of drug-likeness (QED) is 0.290. The molecule has 2 amide bonds. The van der Waals surface area contributed by atoms with Crippen molar-refractivity contribution < 1.29 is 9.59 Å². The number of anilines is 2. The van der Waals surface area contributed by atoms with Crippen LogP contribution in [0.15, 0.2) is 46.7 Å². The first-order chi connectivity index (χ1) is 19.4. The lowest BCUT2D eigenvalue weighted by Crippen LogP contribution is -2.47. The largest absolute Gasteiger partial charge is 0.313 e. The van der Waals surface area contributed by atoms with Crippen LogP contribution in [0.4, 0.5) is 11.4 Å². The molecular formula is C31H38N6O3S. The molecule has 0 unspecified atom stereocenters. The summed E-state index contributed by atoms with van der Waals surface area (Å²) in [5.41, 5.74) is 4.48. The maximum Gasteiger partial charge on any atom is 0.259 e. The molecule has 4 aromatic rings. The van der Waals surface area contributed by atoms with Crippen molar-refractivity contribution in [1.82, 2.24) is 19.2 Å². The number of hydrogen-bond donors (Lipinski definition) is 0. The fourth-order valence-electron chi connectivity index (χ4n) is 5.76. The van der Waals surface area contributed by atoms with Gasteiger partial charge < -0.3 is 14.4 Å². The number of benzene rings is 1. The van der Waals surface area contributed by atoms with Crippen molar-refractivity contribution >= 4 is 44.6 Å². The normalized spacial score (nSPS) is 15.2. The van der Waals surface area contributed by atoms with Crippen molar-refractivity contribution in [2.45, 2.75) is 54.3 Å². The van der Waals surface area contributed by atoms with Crippen LogP contribution >= 0.6 is 11.3 Å². The van der Waals surface area contributed by atoms with Gasteiger partial charge in [-0.05, 0) is 75.4 Å². The van der Waals surface area contributed by atoms with Gasteiger partial charge in [0.05, 0.1) is 28.1 Å². The number of amides is 2. The molecule has 216 valence electrons. The Kier molecular flexibility index (Phi) is 7.65. The van der Waals surface area contributed by atoms with Crippen LogP contribution in [0, 0.1) is 19.3 Å². The molecule has 5 rings (SSSR count). The van der Waals surface area contributed by atoms with Gasteiger partial charge in [0.2, 0.25) is 11.8 Å². The van der Waals surface area contributed by atoms with Crippen LogP contribution in [0.2, 0.25) is 0 Å². The highest BCUT2D eigenvalue weighted by atomic mass is 32.1. The highest BCUT2D eigenvalue weighted by Crippen LogP contribution is 2.39. The minimum Gasteiger partial charge on any atom is -0.313 e. The predicted molar refractivity (Wildman–Crippen MR) is 165 cm³/mol. The van der Waals surface area contributed by atoms with E-state index in [9.17, 15) is 14.4 Å². The zero-order chi connectivity index (χ0) is 29.6. The van der Waals surface area contributed by atoms with Gasteiger partial charge in [-0.3, -0.25) is 24.0 Å². The number of aromatic nitrogens is 3. The van der Waals surface area contributed by atoms with Crippen LogP contribution in [0.1, 0.15) is 43.3 Å². The predicted octanol–water partition coefficient (Wildman–Crippen LogP) is 4.47. The first-order valence-electron chi connectivity index (χ1n) is 13.9. The summed E-state index contributed by atoms with van der Waals surface area (Å²) >= 11 is 1.60. The van der Waals surface area contributed by atoms with E-state index in [2.05, 4.69) is 16.1 Å². The standard InChI is InChI=1S/C31H38N6O3S/c1-8-37-25-10-9-22(16-26(25)33(6)29(39)31(4,5)30(37)40)18-35(19-23-15-21(3)32-34(23)7)12-13-36-17-20(2)27-24(28(36)38)11-14-41-27/h9-11,14-17H,8,12-13,18-19H2,1-7H3. The van der Waals surface area contributed by atoms with E-state index in [0.717, 1.165) is 44.0 Å². The third-order valence-corrected chi connectivity index (χ3v) is 9.09. The van der Waals surface area contributed by atoms with Gasteiger partial charge in [-0.1, -0.05) is 6.07 Å². The van der Waals surface area contributed by atoms with E-state index in [4.69, 9.17) is 0 Å². The highest BCUT2D eigenvalue weighted by Gasteiger charge is 2.45. The smallest absolute Gasteiger partial charge is 0.259 e. The van der Waals surface area contributed by atoms with Gasteiger partial charge in [0.1, 0.15) is 5.41 Å². The van der Waals surface area contributed by atoms with E-state index in [1.165, 1.54) is 0 Å². The van der Waals surface area contributed by atoms with Crippen LogP contribution in [0.25, 0.3) is 10.1 Å². The number of hydrogen-bond acceptors (Lipinski definition) is 6. The minimum atomic E-state index is -1.15. The lowest BCUT2D eigenvalue weighted by atomic mass is 9.90. The van der Waals surface area contributed by atoms with Gasteiger partial charge in [0, 0.05) is 57.7 Å². The van der Waals surface area contributed by atoms with Crippen LogP contribution in [0.3, 0.4) is 0 Å². The number of rotatable bonds is 8. The molecule has 0 spiro atoms. The molecule has 4 heterocycles. The van der Waals surface area contributed by atoms with E-state index in [1.54, 1.807) is 42.0 Å². The van der Waals surface area contributed by atoms with Crippen molar-refractivity contribution in [2.75, 3.05) is 29.9 Å². The first kappa shape index (κ1) is 28.8. The van der Waals surface area contributed by atoms with Crippen LogP contribution in [-0.4, -0.2) is 51.2 Å². The number of fused-ring (bicyclic) bond motifs is 2. The van der Waals surface area contributed by atoms with Crippen LogP contribution < -0.4 is 15.4 Å². The number of thiophene rings is 1. The maximum absolute atomic E-state index is 13.3. The molecule has 3 aromatic heterocycles. The average molecular weight is 575 g/mol. The molecule has 0 aliphatic carbocycles. The molecule has 0 saturated heterocycles. The molecule has 1 aliphatic heterocycles. The Balaban J connectivity index is 1.47. The summed E-state index contributed by atoms with van der Waals surface area (Å²) < 4.78 is 4.74. The van der Waals surface area contributed by atoms with E-state index >= 15 is 0 Å². The first-order valence-corrected chi connectivity index (χ1v) is 14.8. The molecule has 0 radical (unpaired) electrons. The monoisotopic (exact) mass is 574 g/mol. The summed E-state index contributed by atoms with van der Waals surface area (Å²) in [5.74, 6) is -0.419. The Labute approximate surface area is 244 Å². The second kappa shape index (κ2) is 10.9. The fourth-order valence-corrected chi connectivity index (χ4v) is 6.62. The molecular weight excluding hydrogens is 536 g/mol. The molecule has 41 heavy (non-hydrogen) atoms. The zero-order valence-electron chi connectivity index (χ0n) is 24.9. The molecule has 1 aliphatic rings. The van der Waals surface area contributed by atoms with E-state index in [-0.39, 0.29) is 17.4 Å². The van der Waals surface area contributed by atoms with Gasteiger partial charge in [-0.25, -0.2) is 0 Å².